The Morgan fingerprint density at radius 2 is 1.27 bits per heavy atom. The van der Waals surface area contributed by atoms with Gasteiger partial charge in [-0.05, 0) is 19.3 Å². The summed E-state index contributed by atoms with van der Waals surface area (Å²) < 4.78 is 0. The molecule has 0 bridgehead atoms. The van der Waals surface area contributed by atoms with E-state index in [-0.39, 0.29) is 6.42 Å². The summed E-state index contributed by atoms with van der Waals surface area (Å²) in [5, 5.41) is 28.1. The van der Waals surface area contributed by atoms with Crippen molar-refractivity contribution in [2.24, 2.45) is 0 Å². The fourth-order valence-corrected chi connectivity index (χ4v) is 2.39. The van der Waals surface area contributed by atoms with Crippen LogP contribution in [0.15, 0.2) is 12.2 Å². The van der Waals surface area contributed by atoms with E-state index in [9.17, 15) is 15.0 Å². The van der Waals surface area contributed by atoms with Crippen molar-refractivity contribution in [2.45, 2.75) is 96.2 Å². The second-order valence-corrected chi connectivity index (χ2v) is 6.07. The van der Waals surface area contributed by atoms with E-state index < -0.39 is 18.2 Å². The minimum Gasteiger partial charge on any atom is -0.481 e. The number of carboxylic acids is 1. The smallest absolute Gasteiger partial charge is 0.303 e. The average molecular weight is 314 g/mol. The van der Waals surface area contributed by atoms with Crippen molar-refractivity contribution in [1.82, 2.24) is 0 Å². The van der Waals surface area contributed by atoms with Crippen molar-refractivity contribution in [1.29, 1.82) is 0 Å². The van der Waals surface area contributed by atoms with E-state index >= 15 is 0 Å². The third-order valence-electron chi connectivity index (χ3n) is 3.80. The molecule has 0 spiro atoms. The molecule has 3 N–H and O–H groups in total. The first-order chi connectivity index (χ1) is 10.6. The van der Waals surface area contributed by atoms with Crippen LogP contribution in [0, 0.1) is 0 Å². The molecule has 0 saturated carbocycles. The monoisotopic (exact) mass is 314 g/mol. The van der Waals surface area contributed by atoms with E-state index in [2.05, 4.69) is 6.92 Å². The topological polar surface area (TPSA) is 77.8 Å². The van der Waals surface area contributed by atoms with Gasteiger partial charge in [0, 0.05) is 6.42 Å². The zero-order chi connectivity index (χ0) is 16.6. The minimum atomic E-state index is -0.744. The molecule has 0 aromatic rings. The first-order valence-electron chi connectivity index (χ1n) is 8.82. The van der Waals surface area contributed by atoms with Gasteiger partial charge >= 0.3 is 5.97 Å². The number of aliphatic hydroxyl groups is 2. The highest BCUT2D eigenvalue weighted by atomic mass is 16.4. The predicted molar refractivity (Wildman–Crippen MR) is 89.9 cm³/mol. The van der Waals surface area contributed by atoms with Gasteiger partial charge < -0.3 is 15.3 Å². The number of carboxylic acid groups (broad SMARTS) is 1. The Labute approximate surface area is 135 Å². The predicted octanol–water partition coefficient (Wildman–Crippen LogP) is 4.05. The average Bonchev–Trinajstić information content (AvgIpc) is 2.48. The highest BCUT2D eigenvalue weighted by Crippen LogP contribution is 2.10. The summed E-state index contributed by atoms with van der Waals surface area (Å²) in [6, 6.07) is 0. The van der Waals surface area contributed by atoms with Gasteiger partial charge in [0.05, 0.1) is 12.2 Å². The van der Waals surface area contributed by atoms with Crippen molar-refractivity contribution in [3.05, 3.63) is 12.2 Å². The van der Waals surface area contributed by atoms with Crippen LogP contribution in [-0.4, -0.2) is 33.5 Å². The van der Waals surface area contributed by atoms with Crippen LogP contribution in [0.1, 0.15) is 84.0 Å². The number of carbonyl (C=O) groups is 1. The van der Waals surface area contributed by atoms with E-state index in [1.165, 1.54) is 19.3 Å². The highest BCUT2D eigenvalue weighted by Gasteiger charge is 2.03. The largest absolute Gasteiger partial charge is 0.481 e. The zero-order valence-corrected chi connectivity index (χ0v) is 14.0. The molecule has 0 aliphatic carbocycles. The Morgan fingerprint density at radius 3 is 1.73 bits per heavy atom. The summed E-state index contributed by atoms with van der Waals surface area (Å²) >= 11 is 0. The SMILES string of the molecule is CCCCCCC[C@H](O)/C=C\[C@@H](O)CCCCCCC(=O)O. The lowest BCUT2D eigenvalue weighted by atomic mass is 10.1. The zero-order valence-electron chi connectivity index (χ0n) is 14.0. The lowest BCUT2D eigenvalue weighted by Crippen LogP contribution is -2.06. The number of aliphatic hydroxyl groups excluding tert-OH is 2. The van der Waals surface area contributed by atoms with Gasteiger partial charge in [-0.15, -0.1) is 0 Å². The van der Waals surface area contributed by atoms with Gasteiger partial charge in [-0.25, -0.2) is 0 Å². The fraction of sp³-hybridized carbons (Fsp3) is 0.833. The van der Waals surface area contributed by atoms with Crippen molar-refractivity contribution in [3.63, 3.8) is 0 Å². The molecule has 0 heterocycles. The molecule has 0 fully saturated rings. The van der Waals surface area contributed by atoms with Crippen LogP contribution in [0.3, 0.4) is 0 Å². The fourth-order valence-electron chi connectivity index (χ4n) is 2.39. The van der Waals surface area contributed by atoms with Crippen LogP contribution < -0.4 is 0 Å². The molecule has 130 valence electrons. The summed E-state index contributed by atoms with van der Waals surface area (Å²) in [6.45, 7) is 2.19. The number of hydrogen-bond donors (Lipinski definition) is 3. The molecule has 0 aliphatic heterocycles. The standard InChI is InChI=1S/C18H34O4/c1-2-3-4-5-8-11-16(19)14-15-17(20)12-9-6-7-10-13-18(21)22/h14-17,19-20H,2-13H2,1H3,(H,21,22)/b15-14-/t16-,17-/m0/s1. The number of hydrogen-bond acceptors (Lipinski definition) is 3. The molecule has 4 nitrogen and oxygen atoms in total. The van der Waals surface area contributed by atoms with Crippen LogP contribution in [0.4, 0.5) is 0 Å². The Balaban J connectivity index is 3.51. The molecule has 0 amide bonds. The second-order valence-electron chi connectivity index (χ2n) is 6.07. The van der Waals surface area contributed by atoms with Crippen molar-refractivity contribution >= 4 is 5.97 Å². The van der Waals surface area contributed by atoms with Crippen molar-refractivity contribution in [2.75, 3.05) is 0 Å². The lowest BCUT2D eigenvalue weighted by molar-refractivity contribution is -0.137. The van der Waals surface area contributed by atoms with Crippen LogP contribution in [0.5, 0.6) is 0 Å². The molecular formula is C18H34O4. The van der Waals surface area contributed by atoms with Gasteiger partial charge in [-0.2, -0.15) is 0 Å². The third-order valence-corrected chi connectivity index (χ3v) is 3.80. The normalized spacial score (nSPS) is 14.3. The third kappa shape index (κ3) is 15.5. The molecule has 4 heteroatoms. The summed E-state index contributed by atoms with van der Waals surface area (Å²) in [5.41, 5.74) is 0. The number of rotatable bonds is 15. The van der Waals surface area contributed by atoms with E-state index in [0.29, 0.717) is 12.8 Å². The van der Waals surface area contributed by atoms with Gasteiger partial charge in [-0.3, -0.25) is 4.79 Å². The maximum atomic E-state index is 10.3. The molecule has 2 atom stereocenters. The van der Waals surface area contributed by atoms with Gasteiger partial charge in [0.1, 0.15) is 0 Å². The van der Waals surface area contributed by atoms with Gasteiger partial charge in [-0.1, -0.05) is 70.4 Å². The van der Waals surface area contributed by atoms with Crippen molar-refractivity contribution < 1.29 is 20.1 Å². The Hall–Kier alpha value is -0.870. The molecule has 0 aromatic carbocycles. The van der Waals surface area contributed by atoms with Crippen LogP contribution in [0.2, 0.25) is 0 Å². The van der Waals surface area contributed by atoms with Gasteiger partial charge in [0.25, 0.3) is 0 Å². The highest BCUT2D eigenvalue weighted by molar-refractivity contribution is 5.66. The minimum absolute atomic E-state index is 0.229. The molecule has 0 radical (unpaired) electrons. The van der Waals surface area contributed by atoms with Crippen LogP contribution in [0.25, 0.3) is 0 Å². The summed E-state index contributed by atoms with van der Waals surface area (Å²) in [4.78, 5) is 10.3. The molecule has 22 heavy (non-hydrogen) atoms. The van der Waals surface area contributed by atoms with E-state index in [0.717, 1.165) is 38.5 Å². The lowest BCUT2D eigenvalue weighted by Gasteiger charge is -2.08. The summed E-state index contributed by atoms with van der Waals surface area (Å²) in [5.74, 6) is -0.744. The molecule has 0 unspecified atom stereocenters. The number of unbranched alkanes of at least 4 members (excludes halogenated alkanes) is 7. The maximum Gasteiger partial charge on any atom is 0.303 e. The molecule has 0 saturated heterocycles. The van der Waals surface area contributed by atoms with Crippen molar-refractivity contribution in [3.8, 4) is 0 Å². The Morgan fingerprint density at radius 1 is 0.818 bits per heavy atom. The van der Waals surface area contributed by atoms with E-state index in [1.807, 2.05) is 0 Å². The first kappa shape index (κ1) is 21.1. The van der Waals surface area contributed by atoms with Crippen LogP contribution in [-0.2, 0) is 4.79 Å². The molecular weight excluding hydrogens is 280 g/mol. The maximum absolute atomic E-state index is 10.3. The molecule has 0 aromatic heterocycles. The Kier molecular flexibility index (Phi) is 14.4. The quantitative estimate of drug-likeness (QED) is 0.315. The molecule has 0 rings (SSSR count). The Bertz CT molecular complexity index is 289. The summed E-state index contributed by atoms with van der Waals surface area (Å²) in [6.07, 6.45) is 13.4. The molecule has 0 aliphatic rings. The first-order valence-corrected chi connectivity index (χ1v) is 8.82. The van der Waals surface area contributed by atoms with Crippen LogP contribution >= 0.6 is 0 Å². The van der Waals surface area contributed by atoms with Gasteiger partial charge in [0.15, 0.2) is 0 Å². The van der Waals surface area contributed by atoms with E-state index in [4.69, 9.17) is 5.11 Å². The second kappa shape index (κ2) is 15.0. The number of aliphatic carboxylic acids is 1. The van der Waals surface area contributed by atoms with Gasteiger partial charge in [0.2, 0.25) is 0 Å². The van der Waals surface area contributed by atoms with E-state index in [1.54, 1.807) is 12.2 Å². The summed E-state index contributed by atoms with van der Waals surface area (Å²) in [7, 11) is 0.